The molecule has 1 aliphatic rings. The van der Waals surface area contributed by atoms with Gasteiger partial charge in [0.1, 0.15) is 5.82 Å². The van der Waals surface area contributed by atoms with Gasteiger partial charge in [-0.3, -0.25) is 14.4 Å². The van der Waals surface area contributed by atoms with E-state index in [0.29, 0.717) is 31.8 Å². The van der Waals surface area contributed by atoms with Crippen LogP contribution in [0.2, 0.25) is 0 Å². The number of halogens is 1. The molecule has 130 valence electrons. The molecule has 0 saturated carbocycles. The molecule has 0 aromatic heterocycles. The fraction of sp³-hybridized carbons (Fsp3) is 0.471. The zero-order valence-corrected chi connectivity index (χ0v) is 13.6. The van der Waals surface area contributed by atoms with Crippen LogP contribution in [0.3, 0.4) is 0 Å². The van der Waals surface area contributed by atoms with Gasteiger partial charge in [-0.2, -0.15) is 0 Å². The van der Waals surface area contributed by atoms with E-state index in [2.05, 4.69) is 5.32 Å². The van der Waals surface area contributed by atoms with Gasteiger partial charge in [0.15, 0.2) is 0 Å². The summed E-state index contributed by atoms with van der Waals surface area (Å²) in [6, 6.07) is 5.75. The smallest absolute Gasteiger partial charge is 0.306 e. The van der Waals surface area contributed by atoms with Crippen molar-refractivity contribution in [3.8, 4) is 0 Å². The highest BCUT2D eigenvalue weighted by Crippen LogP contribution is 2.24. The van der Waals surface area contributed by atoms with Crippen molar-refractivity contribution in [2.24, 2.45) is 5.92 Å². The first-order valence-corrected chi connectivity index (χ1v) is 7.98. The molecule has 7 heteroatoms. The molecule has 1 N–H and O–H groups in total. The lowest BCUT2D eigenvalue weighted by atomic mass is 10.1. The van der Waals surface area contributed by atoms with E-state index >= 15 is 0 Å². The van der Waals surface area contributed by atoms with Crippen LogP contribution in [0, 0.1) is 11.7 Å². The van der Waals surface area contributed by atoms with Gasteiger partial charge >= 0.3 is 5.97 Å². The van der Waals surface area contributed by atoms with Crippen molar-refractivity contribution in [2.75, 3.05) is 24.6 Å². The van der Waals surface area contributed by atoms with E-state index in [1.165, 1.54) is 12.1 Å². The van der Waals surface area contributed by atoms with Crippen LogP contribution >= 0.6 is 0 Å². The summed E-state index contributed by atoms with van der Waals surface area (Å²) in [5, 5.41) is 2.74. The van der Waals surface area contributed by atoms with E-state index in [-0.39, 0.29) is 36.4 Å². The van der Waals surface area contributed by atoms with Crippen LogP contribution in [0.15, 0.2) is 24.3 Å². The molecule has 0 aliphatic carbocycles. The molecule has 1 aromatic carbocycles. The fourth-order valence-electron chi connectivity index (χ4n) is 2.58. The van der Waals surface area contributed by atoms with Crippen LogP contribution in [0.5, 0.6) is 0 Å². The summed E-state index contributed by atoms with van der Waals surface area (Å²) in [4.78, 5) is 36.6. The molecule has 1 unspecified atom stereocenters. The van der Waals surface area contributed by atoms with Crippen LogP contribution in [-0.2, 0) is 19.1 Å². The predicted molar refractivity (Wildman–Crippen MR) is 85.7 cm³/mol. The molecular weight excluding hydrogens is 315 g/mol. The van der Waals surface area contributed by atoms with Gasteiger partial charge in [-0.05, 0) is 31.2 Å². The third kappa shape index (κ3) is 5.04. The molecular formula is C17H21FN2O4. The number of nitrogens with one attached hydrogen (secondary N) is 1. The van der Waals surface area contributed by atoms with Gasteiger partial charge < -0.3 is 15.0 Å². The summed E-state index contributed by atoms with van der Waals surface area (Å²) < 4.78 is 17.7. The fourth-order valence-corrected chi connectivity index (χ4v) is 2.58. The molecule has 1 heterocycles. The number of carbonyl (C=O) groups excluding carboxylic acids is 3. The average molecular weight is 336 g/mol. The third-order valence-corrected chi connectivity index (χ3v) is 3.79. The molecule has 2 amide bonds. The molecule has 1 saturated heterocycles. The van der Waals surface area contributed by atoms with Gasteiger partial charge in [0.05, 0.1) is 13.0 Å². The lowest BCUT2D eigenvalue weighted by Gasteiger charge is -2.17. The maximum atomic E-state index is 13.0. The van der Waals surface area contributed by atoms with Crippen LogP contribution in [0.1, 0.15) is 26.2 Å². The maximum Gasteiger partial charge on any atom is 0.306 e. The van der Waals surface area contributed by atoms with Crippen LogP contribution in [0.25, 0.3) is 0 Å². The molecule has 1 aliphatic heterocycles. The Kier molecular flexibility index (Phi) is 6.28. The first-order chi connectivity index (χ1) is 11.5. The van der Waals surface area contributed by atoms with Gasteiger partial charge in [0.25, 0.3) is 0 Å². The number of carbonyl (C=O) groups is 3. The molecule has 0 spiro atoms. The normalized spacial score (nSPS) is 17.0. The number of benzene rings is 1. The van der Waals surface area contributed by atoms with E-state index in [1.54, 1.807) is 24.0 Å². The summed E-state index contributed by atoms with van der Waals surface area (Å²) in [6.45, 7) is 2.85. The van der Waals surface area contributed by atoms with E-state index in [4.69, 9.17) is 4.74 Å². The molecule has 0 radical (unpaired) electrons. The molecule has 0 bridgehead atoms. The summed E-state index contributed by atoms with van der Waals surface area (Å²) in [5.74, 6) is -1.04. The highest BCUT2D eigenvalue weighted by Gasteiger charge is 2.30. The van der Waals surface area contributed by atoms with Crippen molar-refractivity contribution in [3.63, 3.8) is 0 Å². The van der Waals surface area contributed by atoms with Gasteiger partial charge in [-0.25, -0.2) is 4.39 Å². The van der Waals surface area contributed by atoms with E-state index in [0.717, 1.165) is 0 Å². The number of hydrogen-bond donors (Lipinski definition) is 1. The SMILES string of the molecule is CCOC(=O)CCC(=O)NCC1CC(=O)N(c2ccc(F)cc2)C1. The Morgan fingerprint density at radius 3 is 2.67 bits per heavy atom. The Morgan fingerprint density at radius 1 is 1.29 bits per heavy atom. The Morgan fingerprint density at radius 2 is 2.00 bits per heavy atom. The van der Waals surface area contributed by atoms with Crippen molar-refractivity contribution in [1.29, 1.82) is 0 Å². The summed E-state index contributed by atoms with van der Waals surface area (Å²) in [7, 11) is 0. The quantitative estimate of drug-likeness (QED) is 0.768. The van der Waals surface area contributed by atoms with Crippen molar-refractivity contribution < 1.29 is 23.5 Å². The van der Waals surface area contributed by atoms with Gasteiger partial charge in [0, 0.05) is 37.5 Å². The van der Waals surface area contributed by atoms with Gasteiger partial charge in [-0.15, -0.1) is 0 Å². The molecule has 2 rings (SSSR count). The number of esters is 1. The van der Waals surface area contributed by atoms with Crippen molar-refractivity contribution in [2.45, 2.75) is 26.2 Å². The van der Waals surface area contributed by atoms with Gasteiger partial charge in [-0.1, -0.05) is 0 Å². The van der Waals surface area contributed by atoms with Crippen LogP contribution in [0.4, 0.5) is 10.1 Å². The largest absolute Gasteiger partial charge is 0.466 e. The lowest BCUT2D eigenvalue weighted by Crippen LogP contribution is -2.31. The highest BCUT2D eigenvalue weighted by molar-refractivity contribution is 5.95. The molecule has 1 aromatic rings. The third-order valence-electron chi connectivity index (χ3n) is 3.79. The van der Waals surface area contributed by atoms with E-state index in [1.807, 2.05) is 0 Å². The second-order valence-electron chi connectivity index (χ2n) is 5.66. The van der Waals surface area contributed by atoms with Crippen molar-refractivity contribution in [1.82, 2.24) is 5.32 Å². The Balaban J connectivity index is 1.76. The van der Waals surface area contributed by atoms with E-state index in [9.17, 15) is 18.8 Å². The topological polar surface area (TPSA) is 75.7 Å². The minimum atomic E-state index is -0.397. The van der Waals surface area contributed by atoms with Gasteiger partial charge in [0.2, 0.25) is 11.8 Å². The number of nitrogens with zero attached hydrogens (tertiary/aromatic N) is 1. The average Bonchev–Trinajstić information content (AvgIpc) is 2.93. The molecule has 24 heavy (non-hydrogen) atoms. The lowest BCUT2D eigenvalue weighted by molar-refractivity contribution is -0.144. The summed E-state index contributed by atoms with van der Waals surface area (Å²) in [6.07, 6.45) is 0.446. The zero-order chi connectivity index (χ0) is 17.5. The Bertz CT molecular complexity index is 603. The minimum Gasteiger partial charge on any atom is -0.466 e. The first kappa shape index (κ1) is 17.9. The monoisotopic (exact) mass is 336 g/mol. The zero-order valence-electron chi connectivity index (χ0n) is 13.6. The molecule has 6 nitrogen and oxygen atoms in total. The number of anilines is 1. The van der Waals surface area contributed by atoms with Crippen LogP contribution in [-0.4, -0.2) is 37.5 Å². The Labute approximate surface area is 140 Å². The molecule has 1 fully saturated rings. The van der Waals surface area contributed by atoms with Crippen molar-refractivity contribution >= 4 is 23.5 Å². The minimum absolute atomic E-state index is 0.00547. The predicted octanol–water partition coefficient (Wildman–Crippen LogP) is 1.64. The Hall–Kier alpha value is -2.44. The number of amides is 2. The van der Waals surface area contributed by atoms with Crippen molar-refractivity contribution in [3.05, 3.63) is 30.1 Å². The summed E-state index contributed by atoms with van der Waals surface area (Å²) in [5.41, 5.74) is 0.650. The maximum absolute atomic E-state index is 13.0. The summed E-state index contributed by atoms with van der Waals surface area (Å²) >= 11 is 0. The number of rotatable bonds is 7. The standard InChI is InChI=1S/C17H21FN2O4/c1-2-24-17(23)8-7-15(21)19-10-12-9-16(22)20(11-12)14-5-3-13(18)4-6-14/h3-6,12H,2,7-11H2,1H3,(H,19,21). The highest BCUT2D eigenvalue weighted by atomic mass is 19.1. The second-order valence-corrected chi connectivity index (χ2v) is 5.66. The number of hydrogen-bond acceptors (Lipinski definition) is 4. The second kappa shape index (κ2) is 8.42. The van der Waals surface area contributed by atoms with E-state index < -0.39 is 5.97 Å². The molecule has 1 atom stereocenters. The number of ether oxygens (including phenoxy) is 1. The van der Waals surface area contributed by atoms with Crippen LogP contribution < -0.4 is 10.2 Å². The first-order valence-electron chi connectivity index (χ1n) is 7.98.